The maximum absolute atomic E-state index is 11.9. The minimum Gasteiger partial charge on any atom is -0.393 e. The number of hydrogen-bond acceptors (Lipinski definition) is 3. The molecule has 2 amide bonds. The molecule has 2 rings (SSSR count). The van der Waals surface area contributed by atoms with Gasteiger partial charge in [0.05, 0.1) is 6.10 Å². The van der Waals surface area contributed by atoms with E-state index < -0.39 is 0 Å². The van der Waals surface area contributed by atoms with Crippen LogP contribution in [0.2, 0.25) is 0 Å². The molecule has 2 unspecified atom stereocenters. The fourth-order valence-electron chi connectivity index (χ4n) is 3.02. The molecule has 0 aromatic heterocycles. The fraction of sp³-hybridized carbons (Fsp3) is 0.611. The zero-order chi connectivity index (χ0) is 16.7. The summed E-state index contributed by atoms with van der Waals surface area (Å²) in [6.07, 6.45) is 4.19. The van der Waals surface area contributed by atoms with Crippen molar-refractivity contribution in [2.75, 3.05) is 29.9 Å². The molecule has 0 bridgehead atoms. The molecule has 0 saturated carbocycles. The van der Waals surface area contributed by atoms with E-state index in [-0.39, 0.29) is 18.1 Å². The van der Waals surface area contributed by atoms with E-state index in [0.717, 1.165) is 18.8 Å². The van der Waals surface area contributed by atoms with Gasteiger partial charge in [-0.25, -0.2) is 4.79 Å². The van der Waals surface area contributed by atoms with Crippen molar-refractivity contribution < 1.29 is 9.90 Å². The Bertz CT molecular complexity index is 482. The van der Waals surface area contributed by atoms with Gasteiger partial charge >= 0.3 is 6.03 Å². The van der Waals surface area contributed by atoms with Crippen LogP contribution in [0.3, 0.4) is 0 Å². The molecule has 0 radical (unpaired) electrons. The van der Waals surface area contributed by atoms with Crippen LogP contribution in [0, 0.1) is 5.92 Å². The van der Waals surface area contributed by atoms with Gasteiger partial charge in [0.15, 0.2) is 0 Å². The number of nitrogens with one attached hydrogen (secondary N) is 2. The number of urea groups is 1. The summed E-state index contributed by atoms with van der Waals surface area (Å²) in [5.41, 5.74) is 2.02. The van der Waals surface area contributed by atoms with Gasteiger partial charge in [-0.2, -0.15) is 0 Å². The maximum Gasteiger partial charge on any atom is 0.319 e. The smallest absolute Gasteiger partial charge is 0.319 e. The molecule has 1 aliphatic heterocycles. The second-order valence-electron chi connectivity index (χ2n) is 6.62. The van der Waals surface area contributed by atoms with Gasteiger partial charge in [-0.15, -0.1) is 0 Å². The summed E-state index contributed by atoms with van der Waals surface area (Å²) in [6, 6.07) is 7.83. The van der Waals surface area contributed by atoms with E-state index >= 15 is 0 Å². The topological polar surface area (TPSA) is 64.6 Å². The van der Waals surface area contributed by atoms with Crippen molar-refractivity contribution in [2.45, 2.75) is 45.6 Å². The monoisotopic (exact) mass is 319 g/mol. The van der Waals surface area contributed by atoms with E-state index in [1.807, 2.05) is 19.1 Å². The highest BCUT2D eigenvalue weighted by atomic mass is 16.3. The number of amides is 2. The van der Waals surface area contributed by atoms with Crippen molar-refractivity contribution in [3.05, 3.63) is 24.3 Å². The standard InChI is InChI=1S/C18H29N3O2/c1-14(12-15(2)22)13-19-18(23)20-16-6-8-17(9-7-16)21-10-4-3-5-11-21/h6-9,14-15,22H,3-5,10-13H2,1-2H3,(H2,19,20,23). The maximum atomic E-state index is 11.9. The SMILES string of the molecule is CC(O)CC(C)CNC(=O)Nc1ccc(N2CCCCC2)cc1. The predicted octanol–water partition coefficient (Wildman–Crippen LogP) is 3.21. The van der Waals surface area contributed by atoms with E-state index in [4.69, 9.17) is 0 Å². The van der Waals surface area contributed by atoms with Gasteiger partial charge in [-0.1, -0.05) is 6.92 Å². The van der Waals surface area contributed by atoms with Gasteiger partial charge in [-0.05, 0) is 62.8 Å². The van der Waals surface area contributed by atoms with Crippen molar-refractivity contribution in [2.24, 2.45) is 5.92 Å². The summed E-state index contributed by atoms with van der Waals surface area (Å²) in [5.74, 6) is 0.252. The highest BCUT2D eigenvalue weighted by Gasteiger charge is 2.11. The van der Waals surface area contributed by atoms with E-state index in [2.05, 4.69) is 27.7 Å². The minimum absolute atomic E-state index is 0.201. The van der Waals surface area contributed by atoms with Crippen LogP contribution in [-0.4, -0.2) is 36.9 Å². The average molecular weight is 319 g/mol. The number of aliphatic hydroxyl groups is 1. The molecule has 1 aromatic rings. The number of benzene rings is 1. The number of carbonyl (C=O) groups is 1. The molecule has 1 aromatic carbocycles. The summed E-state index contributed by atoms with van der Waals surface area (Å²) >= 11 is 0. The van der Waals surface area contributed by atoms with Crippen LogP contribution in [-0.2, 0) is 0 Å². The Balaban J connectivity index is 1.77. The van der Waals surface area contributed by atoms with Crippen LogP contribution in [0.4, 0.5) is 16.2 Å². The number of anilines is 2. The molecule has 5 nitrogen and oxygen atoms in total. The Hall–Kier alpha value is -1.75. The second-order valence-corrected chi connectivity index (χ2v) is 6.62. The second kappa shape index (κ2) is 8.77. The zero-order valence-electron chi connectivity index (χ0n) is 14.2. The van der Waals surface area contributed by atoms with Crippen LogP contribution in [0.25, 0.3) is 0 Å². The fourth-order valence-corrected chi connectivity index (χ4v) is 3.02. The first-order chi connectivity index (χ1) is 11.0. The predicted molar refractivity (Wildman–Crippen MR) is 95.0 cm³/mol. The normalized spacial score (nSPS) is 17.4. The summed E-state index contributed by atoms with van der Waals surface area (Å²) in [7, 11) is 0. The van der Waals surface area contributed by atoms with Gasteiger partial charge in [0.2, 0.25) is 0 Å². The van der Waals surface area contributed by atoms with Crippen molar-refractivity contribution in [1.29, 1.82) is 0 Å². The van der Waals surface area contributed by atoms with Gasteiger partial charge < -0.3 is 20.6 Å². The molecule has 1 saturated heterocycles. The Labute approximate surface area is 139 Å². The number of nitrogens with zero attached hydrogens (tertiary/aromatic N) is 1. The third-order valence-electron chi connectivity index (χ3n) is 4.20. The zero-order valence-corrected chi connectivity index (χ0v) is 14.2. The molecule has 2 atom stereocenters. The molecule has 1 aliphatic rings. The number of hydrogen-bond donors (Lipinski definition) is 3. The van der Waals surface area contributed by atoms with Gasteiger partial charge in [-0.3, -0.25) is 0 Å². The van der Waals surface area contributed by atoms with Crippen LogP contribution in [0.5, 0.6) is 0 Å². The highest BCUT2D eigenvalue weighted by molar-refractivity contribution is 5.89. The summed E-state index contributed by atoms with van der Waals surface area (Å²) < 4.78 is 0. The summed E-state index contributed by atoms with van der Waals surface area (Å²) in [5, 5.41) is 15.0. The molecule has 128 valence electrons. The number of aliphatic hydroxyl groups excluding tert-OH is 1. The highest BCUT2D eigenvalue weighted by Crippen LogP contribution is 2.21. The first kappa shape index (κ1) is 17.6. The Morgan fingerprint density at radius 3 is 2.43 bits per heavy atom. The van der Waals surface area contributed by atoms with Crippen LogP contribution in [0.15, 0.2) is 24.3 Å². The molecular formula is C18H29N3O2. The van der Waals surface area contributed by atoms with E-state index in [1.54, 1.807) is 6.92 Å². The van der Waals surface area contributed by atoms with E-state index in [1.165, 1.54) is 24.9 Å². The lowest BCUT2D eigenvalue weighted by atomic mass is 10.1. The lowest BCUT2D eigenvalue weighted by Crippen LogP contribution is -2.33. The van der Waals surface area contributed by atoms with Crippen LogP contribution < -0.4 is 15.5 Å². The molecule has 0 aliphatic carbocycles. The van der Waals surface area contributed by atoms with Crippen molar-refractivity contribution in [3.8, 4) is 0 Å². The number of piperidine rings is 1. The average Bonchev–Trinajstić information content (AvgIpc) is 2.54. The molecule has 3 N–H and O–H groups in total. The van der Waals surface area contributed by atoms with E-state index in [9.17, 15) is 9.90 Å². The lowest BCUT2D eigenvalue weighted by Gasteiger charge is -2.28. The molecule has 23 heavy (non-hydrogen) atoms. The Morgan fingerprint density at radius 2 is 1.83 bits per heavy atom. The largest absolute Gasteiger partial charge is 0.393 e. The molecule has 0 spiro atoms. The Kier molecular flexibility index (Phi) is 6.71. The lowest BCUT2D eigenvalue weighted by molar-refractivity contribution is 0.163. The van der Waals surface area contributed by atoms with Crippen molar-refractivity contribution >= 4 is 17.4 Å². The van der Waals surface area contributed by atoms with Gasteiger partial charge in [0.1, 0.15) is 0 Å². The van der Waals surface area contributed by atoms with Crippen molar-refractivity contribution in [1.82, 2.24) is 5.32 Å². The molecule has 1 heterocycles. The minimum atomic E-state index is -0.336. The summed E-state index contributed by atoms with van der Waals surface area (Å²) in [6.45, 7) is 6.58. The van der Waals surface area contributed by atoms with Gasteiger partial charge in [0, 0.05) is 31.0 Å². The third-order valence-corrected chi connectivity index (χ3v) is 4.20. The molecule has 5 heteroatoms. The molecule has 1 fully saturated rings. The number of rotatable bonds is 6. The molecular weight excluding hydrogens is 290 g/mol. The quantitative estimate of drug-likeness (QED) is 0.754. The van der Waals surface area contributed by atoms with Crippen LogP contribution >= 0.6 is 0 Å². The summed E-state index contributed by atoms with van der Waals surface area (Å²) in [4.78, 5) is 14.3. The van der Waals surface area contributed by atoms with E-state index in [0.29, 0.717) is 13.0 Å². The number of carbonyl (C=O) groups excluding carboxylic acids is 1. The first-order valence-electron chi connectivity index (χ1n) is 8.62. The van der Waals surface area contributed by atoms with Gasteiger partial charge in [0.25, 0.3) is 0 Å². The first-order valence-corrected chi connectivity index (χ1v) is 8.62. The van der Waals surface area contributed by atoms with Crippen molar-refractivity contribution in [3.63, 3.8) is 0 Å². The Morgan fingerprint density at radius 1 is 1.17 bits per heavy atom. The third kappa shape index (κ3) is 6.10. The van der Waals surface area contributed by atoms with Crippen LogP contribution in [0.1, 0.15) is 39.5 Å².